The van der Waals surface area contributed by atoms with Gasteiger partial charge in [0, 0.05) is 17.5 Å². The third-order valence-corrected chi connectivity index (χ3v) is 4.25. The van der Waals surface area contributed by atoms with Crippen LogP contribution in [-0.2, 0) is 0 Å². The minimum absolute atomic E-state index is 0.0687. The van der Waals surface area contributed by atoms with Gasteiger partial charge in [0.1, 0.15) is 5.75 Å². The second kappa shape index (κ2) is 7.56. The summed E-state index contributed by atoms with van der Waals surface area (Å²) >= 11 is 0. The maximum Gasteiger partial charge on any atom is 0.252 e. The van der Waals surface area contributed by atoms with Gasteiger partial charge in [-0.1, -0.05) is 37.6 Å². The fourth-order valence-corrected chi connectivity index (χ4v) is 2.85. The van der Waals surface area contributed by atoms with E-state index in [0.29, 0.717) is 18.0 Å². The van der Waals surface area contributed by atoms with E-state index in [2.05, 4.69) is 19.2 Å². The molecule has 0 radical (unpaired) electrons. The molecule has 0 saturated carbocycles. The molecule has 0 aliphatic rings. The lowest BCUT2D eigenvalue weighted by Gasteiger charge is -2.13. The molecule has 1 N–H and O–H groups in total. The molecule has 0 aliphatic heterocycles. The van der Waals surface area contributed by atoms with Gasteiger partial charge in [-0.3, -0.25) is 4.79 Å². The van der Waals surface area contributed by atoms with Gasteiger partial charge in [-0.25, -0.2) is 4.98 Å². The molecular weight excluding hydrogens is 324 g/mol. The number of ether oxygens (including phenoxy) is 1. The van der Waals surface area contributed by atoms with Crippen LogP contribution < -0.4 is 10.1 Å². The number of hydrogen-bond acceptors (Lipinski definition) is 3. The topological polar surface area (TPSA) is 51.2 Å². The summed E-state index contributed by atoms with van der Waals surface area (Å²) in [5.74, 6) is 1.09. The Hall–Kier alpha value is -2.88. The van der Waals surface area contributed by atoms with Gasteiger partial charge >= 0.3 is 0 Å². The Morgan fingerprint density at radius 1 is 1.15 bits per heavy atom. The zero-order valence-corrected chi connectivity index (χ0v) is 15.7. The number of rotatable bonds is 5. The highest BCUT2D eigenvalue weighted by atomic mass is 16.5. The highest BCUT2D eigenvalue weighted by Gasteiger charge is 2.15. The number of aryl methyl sites for hydroxylation is 1. The molecule has 0 saturated heterocycles. The lowest BCUT2D eigenvalue weighted by molar-refractivity contribution is 0.0950. The third kappa shape index (κ3) is 3.85. The molecule has 2 aromatic carbocycles. The van der Waals surface area contributed by atoms with Crippen LogP contribution in [0.1, 0.15) is 29.8 Å². The van der Waals surface area contributed by atoms with Crippen LogP contribution >= 0.6 is 0 Å². The Morgan fingerprint density at radius 3 is 2.69 bits per heavy atom. The lowest BCUT2D eigenvalue weighted by atomic mass is 10.0. The average molecular weight is 348 g/mol. The van der Waals surface area contributed by atoms with Crippen LogP contribution in [0.3, 0.4) is 0 Å². The Labute approximate surface area is 154 Å². The number of amides is 1. The molecule has 0 bridgehead atoms. The van der Waals surface area contributed by atoms with Crippen molar-refractivity contribution < 1.29 is 9.53 Å². The van der Waals surface area contributed by atoms with Gasteiger partial charge in [0.25, 0.3) is 5.91 Å². The van der Waals surface area contributed by atoms with Gasteiger partial charge in [-0.05, 0) is 43.2 Å². The van der Waals surface area contributed by atoms with Crippen molar-refractivity contribution in [2.24, 2.45) is 5.92 Å². The molecule has 3 rings (SSSR count). The highest BCUT2D eigenvalue weighted by molar-refractivity contribution is 6.07. The van der Waals surface area contributed by atoms with Crippen molar-refractivity contribution >= 4 is 16.8 Å². The number of benzene rings is 2. The summed E-state index contributed by atoms with van der Waals surface area (Å²) in [6, 6.07) is 15.6. The van der Waals surface area contributed by atoms with Crippen LogP contribution in [0.15, 0.2) is 48.5 Å². The molecule has 1 amide bonds. The summed E-state index contributed by atoms with van der Waals surface area (Å²) in [6.45, 7) is 6.82. The smallest absolute Gasteiger partial charge is 0.252 e. The number of carbonyl (C=O) groups is 1. The number of aromatic nitrogens is 1. The van der Waals surface area contributed by atoms with Crippen molar-refractivity contribution in [2.45, 2.75) is 20.8 Å². The number of nitrogens with zero attached hydrogens (tertiary/aromatic N) is 1. The first kappa shape index (κ1) is 17.9. The molecule has 0 unspecified atom stereocenters. The predicted molar refractivity (Wildman–Crippen MR) is 106 cm³/mol. The van der Waals surface area contributed by atoms with Crippen molar-refractivity contribution in [3.63, 3.8) is 0 Å². The van der Waals surface area contributed by atoms with Crippen LogP contribution in [0.2, 0.25) is 0 Å². The minimum atomic E-state index is -0.0687. The van der Waals surface area contributed by atoms with Gasteiger partial charge in [0.15, 0.2) is 0 Å². The number of carbonyl (C=O) groups excluding carboxylic acids is 1. The molecule has 4 nitrogen and oxygen atoms in total. The van der Waals surface area contributed by atoms with Gasteiger partial charge < -0.3 is 10.1 Å². The van der Waals surface area contributed by atoms with Crippen molar-refractivity contribution in [2.75, 3.05) is 13.7 Å². The summed E-state index contributed by atoms with van der Waals surface area (Å²) in [5, 5.41) is 3.89. The third-order valence-electron chi connectivity index (χ3n) is 4.25. The minimum Gasteiger partial charge on any atom is -0.497 e. The molecule has 3 aromatic rings. The zero-order valence-electron chi connectivity index (χ0n) is 15.7. The van der Waals surface area contributed by atoms with Crippen molar-refractivity contribution in [1.29, 1.82) is 0 Å². The largest absolute Gasteiger partial charge is 0.497 e. The Bertz CT molecular complexity index is 948. The number of nitrogens with one attached hydrogen (secondary N) is 1. The summed E-state index contributed by atoms with van der Waals surface area (Å²) in [6.07, 6.45) is 0. The Kier molecular flexibility index (Phi) is 5.21. The van der Waals surface area contributed by atoms with Crippen LogP contribution in [-0.4, -0.2) is 24.5 Å². The zero-order chi connectivity index (χ0) is 18.7. The summed E-state index contributed by atoms with van der Waals surface area (Å²) in [7, 11) is 1.64. The monoisotopic (exact) mass is 348 g/mol. The fraction of sp³-hybridized carbons (Fsp3) is 0.273. The van der Waals surface area contributed by atoms with Crippen LogP contribution in [0.5, 0.6) is 5.75 Å². The fourth-order valence-electron chi connectivity index (χ4n) is 2.85. The Morgan fingerprint density at radius 2 is 1.96 bits per heavy atom. The maximum absolute atomic E-state index is 12.8. The highest BCUT2D eigenvalue weighted by Crippen LogP contribution is 2.27. The van der Waals surface area contributed by atoms with E-state index in [9.17, 15) is 4.79 Å². The van der Waals surface area contributed by atoms with E-state index >= 15 is 0 Å². The van der Waals surface area contributed by atoms with Crippen molar-refractivity contribution in [1.82, 2.24) is 10.3 Å². The molecule has 0 atom stereocenters. The predicted octanol–water partition coefficient (Wildman–Crippen LogP) is 4.60. The summed E-state index contributed by atoms with van der Waals surface area (Å²) < 4.78 is 5.32. The van der Waals surface area contributed by atoms with Crippen LogP contribution in [0.4, 0.5) is 0 Å². The van der Waals surface area contributed by atoms with E-state index in [0.717, 1.165) is 33.5 Å². The van der Waals surface area contributed by atoms with E-state index in [4.69, 9.17) is 9.72 Å². The molecule has 1 heterocycles. The van der Waals surface area contributed by atoms with Crippen molar-refractivity contribution in [3.05, 3.63) is 59.7 Å². The molecule has 0 spiro atoms. The molecular formula is C22H24N2O2. The van der Waals surface area contributed by atoms with Crippen molar-refractivity contribution in [3.8, 4) is 17.0 Å². The summed E-state index contributed by atoms with van der Waals surface area (Å²) in [5.41, 5.74) is 4.24. The first-order valence-electron chi connectivity index (χ1n) is 8.82. The standard InChI is InChI=1S/C22H24N2O2/c1-14(2)13-23-22(25)19-12-21(16-6-5-7-17(11-16)26-4)24-20-9-8-15(3)10-18(19)20/h5-12,14H,13H2,1-4H3,(H,23,25). The molecule has 4 heteroatoms. The lowest BCUT2D eigenvalue weighted by Crippen LogP contribution is -2.27. The second-order valence-electron chi connectivity index (χ2n) is 6.91. The normalized spacial score (nSPS) is 11.0. The van der Waals surface area contributed by atoms with Crippen LogP contribution in [0, 0.1) is 12.8 Å². The number of methoxy groups -OCH3 is 1. The molecule has 1 aromatic heterocycles. The first-order valence-corrected chi connectivity index (χ1v) is 8.82. The van der Waals surface area contributed by atoms with Gasteiger partial charge in [-0.2, -0.15) is 0 Å². The summed E-state index contributed by atoms with van der Waals surface area (Å²) in [4.78, 5) is 17.6. The number of hydrogen-bond donors (Lipinski definition) is 1. The van der Waals surface area contributed by atoms with Gasteiger partial charge in [-0.15, -0.1) is 0 Å². The van der Waals surface area contributed by atoms with E-state index in [1.807, 2.05) is 55.5 Å². The average Bonchev–Trinajstić information content (AvgIpc) is 2.65. The second-order valence-corrected chi connectivity index (χ2v) is 6.91. The van der Waals surface area contributed by atoms with E-state index in [1.165, 1.54) is 0 Å². The molecule has 26 heavy (non-hydrogen) atoms. The van der Waals surface area contributed by atoms with Gasteiger partial charge in [0.2, 0.25) is 0 Å². The van der Waals surface area contributed by atoms with E-state index < -0.39 is 0 Å². The Balaban J connectivity index is 2.13. The quantitative estimate of drug-likeness (QED) is 0.733. The van der Waals surface area contributed by atoms with E-state index in [1.54, 1.807) is 7.11 Å². The molecule has 134 valence electrons. The van der Waals surface area contributed by atoms with Crippen LogP contribution in [0.25, 0.3) is 22.2 Å². The molecule has 0 aliphatic carbocycles. The van der Waals surface area contributed by atoms with E-state index in [-0.39, 0.29) is 5.91 Å². The maximum atomic E-state index is 12.8. The van der Waals surface area contributed by atoms with Gasteiger partial charge in [0.05, 0.1) is 23.9 Å². The SMILES string of the molecule is COc1cccc(-c2cc(C(=O)NCC(C)C)c3cc(C)ccc3n2)c1. The number of pyridine rings is 1. The number of fused-ring (bicyclic) bond motifs is 1. The molecule has 0 fully saturated rings. The first-order chi connectivity index (χ1) is 12.5.